The van der Waals surface area contributed by atoms with E-state index < -0.39 is 5.91 Å². The highest BCUT2D eigenvalue weighted by atomic mass is 16.5. The molecule has 0 spiro atoms. The summed E-state index contributed by atoms with van der Waals surface area (Å²) in [6.07, 6.45) is 0.705. The third-order valence-corrected chi connectivity index (χ3v) is 1.38. The molecule has 1 aromatic rings. The van der Waals surface area contributed by atoms with Crippen molar-refractivity contribution in [3.63, 3.8) is 0 Å². The zero-order valence-electron chi connectivity index (χ0n) is 6.90. The fourth-order valence-electron chi connectivity index (χ4n) is 0.832. The minimum absolute atomic E-state index is 0.178. The maximum Gasteiger partial charge on any atom is 0.255 e. The standard InChI is InChI=1S/C9H9NO3/c10-9(12)6-13-8-3-1-2-7(4-8)5-11/h1-5H,6H2,(H2,10,12). The molecule has 68 valence electrons. The predicted molar refractivity (Wildman–Crippen MR) is 46.5 cm³/mol. The molecule has 0 saturated heterocycles. The zero-order valence-corrected chi connectivity index (χ0v) is 6.90. The molecule has 0 fully saturated rings. The van der Waals surface area contributed by atoms with Crippen LogP contribution in [0.25, 0.3) is 0 Å². The quantitative estimate of drug-likeness (QED) is 0.678. The van der Waals surface area contributed by atoms with Crippen molar-refractivity contribution in [2.24, 2.45) is 5.73 Å². The Morgan fingerprint density at radius 2 is 2.31 bits per heavy atom. The molecule has 2 N–H and O–H groups in total. The third-order valence-electron chi connectivity index (χ3n) is 1.38. The van der Waals surface area contributed by atoms with Crippen LogP contribution in [0.1, 0.15) is 10.4 Å². The highest BCUT2D eigenvalue weighted by Crippen LogP contribution is 2.11. The summed E-state index contributed by atoms with van der Waals surface area (Å²) in [6.45, 7) is -0.178. The zero-order chi connectivity index (χ0) is 9.68. The number of hydrogen-bond donors (Lipinski definition) is 1. The lowest BCUT2D eigenvalue weighted by Gasteiger charge is -2.02. The molecule has 0 bridgehead atoms. The van der Waals surface area contributed by atoms with Gasteiger partial charge in [-0.15, -0.1) is 0 Å². The van der Waals surface area contributed by atoms with E-state index >= 15 is 0 Å². The molecule has 4 heteroatoms. The van der Waals surface area contributed by atoms with Gasteiger partial charge in [0.05, 0.1) is 0 Å². The third kappa shape index (κ3) is 2.94. The van der Waals surface area contributed by atoms with E-state index in [2.05, 4.69) is 0 Å². The molecule has 1 rings (SSSR count). The Balaban J connectivity index is 2.66. The largest absolute Gasteiger partial charge is 0.484 e. The van der Waals surface area contributed by atoms with Crippen molar-refractivity contribution in [3.8, 4) is 5.75 Å². The number of amides is 1. The summed E-state index contributed by atoms with van der Waals surface area (Å²) >= 11 is 0. The highest BCUT2D eigenvalue weighted by Gasteiger charge is 1.97. The van der Waals surface area contributed by atoms with Crippen LogP contribution in [0, 0.1) is 0 Å². The van der Waals surface area contributed by atoms with Crippen molar-refractivity contribution in [2.45, 2.75) is 0 Å². The van der Waals surface area contributed by atoms with Gasteiger partial charge < -0.3 is 10.5 Å². The van der Waals surface area contributed by atoms with E-state index in [9.17, 15) is 9.59 Å². The van der Waals surface area contributed by atoms with Crippen LogP contribution in [0.15, 0.2) is 24.3 Å². The summed E-state index contributed by atoms with van der Waals surface area (Å²) in [7, 11) is 0. The lowest BCUT2D eigenvalue weighted by atomic mass is 10.2. The van der Waals surface area contributed by atoms with Gasteiger partial charge in [-0.2, -0.15) is 0 Å². The number of hydrogen-bond acceptors (Lipinski definition) is 3. The van der Waals surface area contributed by atoms with Crippen molar-refractivity contribution >= 4 is 12.2 Å². The predicted octanol–water partition coefficient (Wildman–Crippen LogP) is 0.363. The smallest absolute Gasteiger partial charge is 0.255 e. The van der Waals surface area contributed by atoms with Crippen LogP contribution in [-0.4, -0.2) is 18.8 Å². The van der Waals surface area contributed by atoms with Crippen LogP contribution in [-0.2, 0) is 4.79 Å². The number of primary amides is 1. The minimum Gasteiger partial charge on any atom is -0.484 e. The van der Waals surface area contributed by atoms with Gasteiger partial charge >= 0.3 is 0 Å². The van der Waals surface area contributed by atoms with Crippen molar-refractivity contribution in [1.82, 2.24) is 0 Å². The molecule has 0 heterocycles. The first-order valence-electron chi connectivity index (χ1n) is 3.68. The molecule has 0 aliphatic carbocycles. The van der Waals surface area contributed by atoms with Crippen molar-refractivity contribution in [2.75, 3.05) is 6.61 Å². The van der Waals surface area contributed by atoms with Crippen molar-refractivity contribution < 1.29 is 14.3 Å². The molecule has 0 saturated carbocycles. The Morgan fingerprint density at radius 3 is 2.92 bits per heavy atom. The van der Waals surface area contributed by atoms with Gasteiger partial charge in [0.25, 0.3) is 5.91 Å². The Labute approximate surface area is 75.3 Å². The van der Waals surface area contributed by atoms with Gasteiger partial charge in [-0.3, -0.25) is 9.59 Å². The summed E-state index contributed by atoms with van der Waals surface area (Å²) in [6, 6.07) is 6.50. The van der Waals surface area contributed by atoms with E-state index in [0.29, 0.717) is 17.6 Å². The Bertz CT molecular complexity index is 322. The van der Waals surface area contributed by atoms with E-state index in [0.717, 1.165) is 0 Å². The molecule has 0 atom stereocenters. The molecule has 1 amide bonds. The molecule has 0 aromatic heterocycles. The van der Waals surface area contributed by atoms with E-state index in [-0.39, 0.29) is 6.61 Å². The lowest BCUT2D eigenvalue weighted by molar-refractivity contribution is -0.119. The van der Waals surface area contributed by atoms with Crippen LogP contribution >= 0.6 is 0 Å². The number of carbonyl (C=O) groups excluding carboxylic acids is 2. The number of benzene rings is 1. The van der Waals surface area contributed by atoms with Gasteiger partial charge in [0.2, 0.25) is 0 Å². The molecule has 0 aliphatic rings. The van der Waals surface area contributed by atoms with E-state index in [1.54, 1.807) is 18.2 Å². The summed E-state index contributed by atoms with van der Waals surface area (Å²) < 4.78 is 4.98. The van der Waals surface area contributed by atoms with Gasteiger partial charge in [-0.05, 0) is 12.1 Å². The fraction of sp³-hybridized carbons (Fsp3) is 0.111. The van der Waals surface area contributed by atoms with Crippen LogP contribution < -0.4 is 10.5 Å². The summed E-state index contributed by atoms with van der Waals surface area (Å²) in [5.74, 6) is -0.0834. The molecule has 1 aromatic carbocycles. The summed E-state index contributed by atoms with van der Waals surface area (Å²) in [5.41, 5.74) is 5.38. The maximum atomic E-state index is 10.4. The maximum absolute atomic E-state index is 10.4. The number of aldehydes is 1. The second-order valence-electron chi connectivity index (χ2n) is 2.45. The number of carbonyl (C=O) groups is 2. The minimum atomic E-state index is -0.545. The first-order chi connectivity index (χ1) is 6.22. The van der Waals surface area contributed by atoms with Gasteiger partial charge in [0.1, 0.15) is 12.0 Å². The monoisotopic (exact) mass is 179 g/mol. The van der Waals surface area contributed by atoms with Crippen molar-refractivity contribution in [3.05, 3.63) is 29.8 Å². The molecule has 4 nitrogen and oxygen atoms in total. The average Bonchev–Trinajstić information content (AvgIpc) is 2.15. The molecule has 0 radical (unpaired) electrons. The molecule has 13 heavy (non-hydrogen) atoms. The Hall–Kier alpha value is -1.84. The summed E-state index contributed by atoms with van der Waals surface area (Å²) in [5, 5.41) is 0. The average molecular weight is 179 g/mol. The van der Waals surface area contributed by atoms with E-state index in [1.807, 2.05) is 0 Å². The molecule has 0 unspecified atom stereocenters. The van der Waals surface area contributed by atoms with Crippen LogP contribution in [0.4, 0.5) is 0 Å². The van der Waals surface area contributed by atoms with Crippen molar-refractivity contribution in [1.29, 1.82) is 0 Å². The second kappa shape index (κ2) is 4.25. The second-order valence-corrected chi connectivity index (χ2v) is 2.45. The molecular weight excluding hydrogens is 170 g/mol. The van der Waals surface area contributed by atoms with Gasteiger partial charge in [-0.25, -0.2) is 0 Å². The normalized spacial score (nSPS) is 9.23. The SMILES string of the molecule is NC(=O)COc1cccc(C=O)c1. The lowest BCUT2D eigenvalue weighted by Crippen LogP contribution is -2.20. The highest BCUT2D eigenvalue weighted by molar-refractivity contribution is 5.76. The van der Waals surface area contributed by atoms with Crippen LogP contribution in [0.2, 0.25) is 0 Å². The van der Waals surface area contributed by atoms with Gasteiger partial charge in [0, 0.05) is 5.56 Å². The number of rotatable bonds is 4. The topological polar surface area (TPSA) is 69.4 Å². The fourth-order valence-corrected chi connectivity index (χ4v) is 0.832. The van der Waals surface area contributed by atoms with Gasteiger partial charge in [0.15, 0.2) is 6.61 Å². The van der Waals surface area contributed by atoms with E-state index in [4.69, 9.17) is 10.5 Å². The number of nitrogens with two attached hydrogens (primary N) is 1. The number of ether oxygens (including phenoxy) is 1. The Morgan fingerprint density at radius 1 is 1.54 bits per heavy atom. The summed E-state index contributed by atoms with van der Waals surface area (Å²) in [4.78, 5) is 20.7. The molecular formula is C9H9NO3. The molecule has 0 aliphatic heterocycles. The Kier molecular flexibility index (Phi) is 3.03. The van der Waals surface area contributed by atoms with Gasteiger partial charge in [-0.1, -0.05) is 12.1 Å². The van der Waals surface area contributed by atoms with E-state index in [1.165, 1.54) is 6.07 Å². The van der Waals surface area contributed by atoms with Crippen LogP contribution in [0.3, 0.4) is 0 Å². The van der Waals surface area contributed by atoms with Crippen LogP contribution in [0.5, 0.6) is 5.75 Å². The first-order valence-corrected chi connectivity index (χ1v) is 3.68. The first kappa shape index (κ1) is 9.25.